The predicted octanol–water partition coefficient (Wildman–Crippen LogP) is 4.08. The Labute approximate surface area is 167 Å². The number of nitrogens with one attached hydrogen (secondary N) is 1. The van der Waals surface area contributed by atoms with Crippen LogP contribution in [-0.2, 0) is 9.59 Å². The van der Waals surface area contributed by atoms with Crippen LogP contribution < -0.4 is 14.8 Å². The average molecular weight is 402 g/mol. The molecule has 0 atom stereocenters. The highest BCUT2D eigenvalue weighted by Gasteiger charge is 2.23. The van der Waals surface area contributed by atoms with E-state index in [9.17, 15) is 9.59 Å². The molecule has 1 N–H and O–H groups in total. The SMILES string of the molecule is CCOc1ccc(Oc2ccc(Cl)cc2NC(=O)C2=NN(C)C(=O)CC2)cc1. The van der Waals surface area contributed by atoms with Crippen molar-refractivity contribution in [1.82, 2.24) is 5.01 Å². The fraction of sp³-hybridized carbons (Fsp3) is 0.250. The van der Waals surface area contributed by atoms with Crippen molar-refractivity contribution in [2.24, 2.45) is 5.10 Å². The number of hydrogen-bond donors (Lipinski definition) is 1. The molecule has 0 saturated carbocycles. The number of hydrogen-bond acceptors (Lipinski definition) is 5. The summed E-state index contributed by atoms with van der Waals surface area (Å²) >= 11 is 6.08. The summed E-state index contributed by atoms with van der Waals surface area (Å²) in [6.07, 6.45) is 0.526. The van der Waals surface area contributed by atoms with Crippen LogP contribution in [0.4, 0.5) is 5.69 Å². The van der Waals surface area contributed by atoms with Gasteiger partial charge in [-0.2, -0.15) is 5.10 Å². The molecule has 0 unspecified atom stereocenters. The van der Waals surface area contributed by atoms with Crippen molar-refractivity contribution in [1.29, 1.82) is 0 Å². The van der Waals surface area contributed by atoms with Crippen LogP contribution in [0, 0.1) is 0 Å². The Morgan fingerprint density at radius 1 is 1.18 bits per heavy atom. The Bertz CT molecular complexity index is 912. The summed E-state index contributed by atoms with van der Waals surface area (Å²) in [6, 6.07) is 12.1. The lowest BCUT2D eigenvalue weighted by atomic mass is 10.1. The first-order valence-corrected chi connectivity index (χ1v) is 9.19. The van der Waals surface area contributed by atoms with Crippen LogP contribution in [0.1, 0.15) is 19.8 Å². The van der Waals surface area contributed by atoms with E-state index in [0.717, 1.165) is 5.75 Å². The summed E-state index contributed by atoms with van der Waals surface area (Å²) in [4.78, 5) is 24.1. The van der Waals surface area contributed by atoms with Gasteiger partial charge >= 0.3 is 0 Å². The lowest BCUT2D eigenvalue weighted by Crippen LogP contribution is -2.34. The molecule has 28 heavy (non-hydrogen) atoms. The van der Waals surface area contributed by atoms with Crippen molar-refractivity contribution in [2.75, 3.05) is 19.0 Å². The second-order valence-corrected chi connectivity index (χ2v) is 6.50. The van der Waals surface area contributed by atoms with Crippen molar-refractivity contribution >= 4 is 34.8 Å². The molecule has 2 aromatic carbocycles. The van der Waals surface area contributed by atoms with Crippen LogP contribution in [0.15, 0.2) is 47.6 Å². The summed E-state index contributed by atoms with van der Waals surface area (Å²) in [6.45, 7) is 2.50. The number of nitrogens with zero attached hydrogens (tertiary/aromatic N) is 2. The molecule has 0 radical (unpaired) electrons. The van der Waals surface area contributed by atoms with E-state index in [2.05, 4.69) is 10.4 Å². The molecule has 146 valence electrons. The first-order chi connectivity index (χ1) is 13.5. The zero-order valence-electron chi connectivity index (χ0n) is 15.6. The van der Waals surface area contributed by atoms with Gasteiger partial charge in [0.25, 0.3) is 5.91 Å². The molecule has 8 heteroatoms. The summed E-state index contributed by atoms with van der Waals surface area (Å²) in [5.41, 5.74) is 0.683. The third-order valence-corrected chi connectivity index (χ3v) is 4.26. The molecule has 0 aliphatic carbocycles. The van der Waals surface area contributed by atoms with E-state index < -0.39 is 5.91 Å². The first-order valence-electron chi connectivity index (χ1n) is 8.82. The molecule has 0 spiro atoms. The standard InChI is InChI=1S/C20H20ClN3O4/c1-3-27-14-5-7-15(8-6-14)28-18-10-4-13(21)12-17(18)22-20(26)16-9-11-19(25)24(2)23-16/h4-8,10,12H,3,9,11H2,1-2H3,(H,22,26). The molecule has 1 aliphatic rings. The lowest BCUT2D eigenvalue weighted by molar-refractivity contribution is -0.130. The van der Waals surface area contributed by atoms with Crippen LogP contribution in [0.2, 0.25) is 5.02 Å². The van der Waals surface area contributed by atoms with E-state index in [0.29, 0.717) is 28.8 Å². The van der Waals surface area contributed by atoms with E-state index in [4.69, 9.17) is 21.1 Å². The number of rotatable bonds is 6. The molecule has 2 amide bonds. The number of carbonyl (C=O) groups is 2. The maximum atomic E-state index is 12.6. The third-order valence-electron chi connectivity index (χ3n) is 4.02. The molecule has 1 heterocycles. The van der Waals surface area contributed by atoms with Gasteiger partial charge in [0, 0.05) is 24.9 Å². The number of benzene rings is 2. The normalized spacial score (nSPS) is 13.8. The molecule has 7 nitrogen and oxygen atoms in total. The van der Waals surface area contributed by atoms with Crippen molar-refractivity contribution in [3.05, 3.63) is 47.5 Å². The van der Waals surface area contributed by atoms with E-state index in [1.54, 1.807) is 42.5 Å². The summed E-state index contributed by atoms with van der Waals surface area (Å²) < 4.78 is 11.3. The minimum absolute atomic E-state index is 0.126. The molecule has 2 aromatic rings. The zero-order valence-corrected chi connectivity index (χ0v) is 16.3. The highest BCUT2D eigenvalue weighted by Crippen LogP contribution is 2.33. The van der Waals surface area contributed by atoms with Crippen molar-refractivity contribution < 1.29 is 19.1 Å². The lowest BCUT2D eigenvalue weighted by Gasteiger charge is -2.19. The van der Waals surface area contributed by atoms with Gasteiger partial charge in [0.05, 0.1) is 12.3 Å². The summed E-state index contributed by atoms with van der Waals surface area (Å²) in [5, 5.41) is 8.42. The van der Waals surface area contributed by atoms with Crippen molar-refractivity contribution in [3.8, 4) is 17.2 Å². The Morgan fingerprint density at radius 3 is 2.57 bits per heavy atom. The monoisotopic (exact) mass is 401 g/mol. The first kappa shape index (κ1) is 19.7. The number of hydrazone groups is 1. The zero-order chi connectivity index (χ0) is 20.1. The number of carbonyl (C=O) groups excluding carboxylic acids is 2. The molecule has 3 rings (SSSR count). The largest absolute Gasteiger partial charge is 0.494 e. The number of ether oxygens (including phenoxy) is 2. The average Bonchev–Trinajstić information content (AvgIpc) is 2.67. The van der Waals surface area contributed by atoms with Crippen LogP contribution in [0.5, 0.6) is 17.2 Å². The summed E-state index contributed by atoms with van der Waals surface area (Å²) in [5.74, 6) is 1.23. The topological polar surface area (TPSA) is 80.2 Å². The Kier molecular flexibility index (Phi) is 6.16. The maximum absolute atomic E-state index is 12.6. The smallest absolute Gasteiger partial charge is 0.271 e. The minimum atomic E-state index is -0.404. The molecule has 0 aromatic heterocycles. The third kappa shape index (κ3) is 4.80. The van der Waals surface area contributed by atoms with E-state index in [1.807, 2.05) is 6.92 Å². The number of halogens is 1. The van der Waals surface area contributed by atoms with Crippen LogP contribution >= 0.6 is 11.6 Å². The highest BCUT2D eigenvalue weighted by molar-refractivity contribution is 6.43. The van der Waals surface area contributed by atoms with Gasteiger partial charge in [-0.3, -0.25) is 9.59 Å². The van der Waals surface area contributed by atoms with Gasteiger partial charge in [0.2, 0.25) is 5.91 Å². The fourth-order valence-electron chi connectivity index (χ4n) is 2.61. The maximum Gasteiger partial charge on any atom is 0.271 e. The Morgan fingerprint density at radius 2 is 1.89 bits per heavy atom. The van der Waals surface area contributed by atoms with Crippen molar-refractivity contribution in [2.45, 2.75) is 19.8 Å². The Balaban J connectivity index is 1.78. The predicted molar refractivity (Wildman–Crippen MR) is 107 cm³/mol. The van der Waals surface area contributed by atoms with E-state index in [-0.39, 0.29) is 24.5 Å². The molecule has 1 aliphatic heterocycles. The van der Waals surface area contributed by atoms with Gasteiger partial charge < -0.3 is 14.8 Å². The number of anilines is 1. The van der Waals surface area contributed by atoms with Crippen LogP contribution in [0.25, 0.3) is 0 Å². The Hall–Kier alpha value is -3.06. The fourth-order valence-corrected chi connectivity index (χ4v) is 2.79. The molecule has 0 fully saturated rings. The summed E-state index contributed by atoms with van der Waals surface area (Å²) in [7, 11) is 1.52. The quantitative estimate of drug-likeness (QED) is 0.790. The minimum Gasteiger partial charge on any atom is -0.494 e. The van der Waals surface area contributed by atoms with Gasteiger partial charge in [-0.05, 0) is 49.4 Å². The molecule has 0 bridgehead atoms. The molecular formula is C20H20ClN3O4. The van der Waals surface area contributed by atoms with Gasteiger partial charge in [0.1, 0.15) is 17.2 Å². The van der Waals surface area contributed by atoms with E-state index in [1.165, 1.54) is 12.1 Å². The van der Waals surface area contributed by atoms with Gasteiger partial charge in [-0.15, -0.1) is 0 Å². The molecular weight excluding hydrogens is 382 g/mol. The van der Waals surface area contributed by atoms with Crippen LogP contribution in [0.3, 0.4) is 0 Å². The highest BCUT2D eigenvalue weighted by atomic mass is 35.5. The second-order valence-electron chi connectivity index (χ2n) is 6.07. The molecule has 0 saturated heterocycles. The van der Waals surface area contributed by atoms with Gasteiger partial charge in [-0.25, -0.2) is 5.01 Å². The van der Waals surface area contributed by atoms with E-state index >= 15 is 0 Å². The van der Waals surface area contributed by atoms with Crippen LogP contribution in [-0.4, -0.2) is 36.2 Å². The second kappa shape index (κ2) is 8.75. The number of amides is 2. The van der Waals surface area contributed by atoms with Crippen molar-refractivity contribution in [3.63, 3.8) is 0 Å². The van der Waals surface area contributed by atoms with Gasteiger partial charge in [-0.1, -0.05) is 11.6 Å². The van der Waals surface area contributed by atoms with Gasteiger partial charge in [0.15, 0.2) is 5.75 Å².